The van der Waals surface area contributed by atoms with Crippen LogP contribution in [0.5, 0.6) is 0 Å². The van der Waals surface area contributed by atoms with Crippen LogP contribution in [0.1, 0.15) is 52.8 Å². The summed E-state index contributed by atoms with van der Waals surface area (Å²) >= 11 is 0. The second kappa shape index (κ2) is 8.59. The zero-order valence-corrected chi connectivity index (χ0v) is 18.8. The molecular formula is C20H32N4O3S. The van der Waals surface area contributed by atoms with Gasteiger partial charge in [-0.3, -0.25) is 0 Å². The van der Waals surface area contributed by atoms with Gasteiger partial charge in [0.25, 0.3) is 0 Å². The lowest BCUT2D eigenvalue weighted by atomic mass is 10.2. The summed E-state index contributed by atoms with van der Waals surface area (Å²) < 4.78 is 21.5. The number of rotatable bonds is 3. The van der Waals surface area contributed by atoms with Gasteiger partial charge in [0, 0.05) is 43.7 Å². The first-order valence-electron chi connectivity index (χ1n) is 9.53. The van der Waals surface area contributed by atoms with Crippen LogP contribution in [0.2, 0.25) is 0 Å². The summed E-state index contributed by atoms with van der Waals surface area (Å²) in [7, 11) is -1.32. The predicted octanol–water partition coefficient (Wildman–Crippen LogP) is 3.33. The highest BCUT2D eigenvalue weighted by atomic mass is 32.2. The number of carbonyl (C=O) groups is 1. The molecule has 0 radical (unpaired) electrons. The van der Waals surface area contributed by atoms with Gasteiger partial charge in [-0.2, -0.15) is 4.40 Å². The fourth-order valence-corrected chi connectivity index (χ4v) is 3.12. The summed E-state index contributed by atoms with van der Waals surface area (Å²) in [5, 5.41) is 0. The standard InChI is InChI=1S/C20H32N4O3S/c1-15-8-9-16(14-21-28(26)20(5,6)7)17(22-15)23-10-12-24(13-11-23)18(25)27-19(2,3)4/h8-9,14H,10-13H2,1-7H3/b21-14+/t28-/m0/s1. The largest absolute Gasteiger partial charge is 0.444 e. The van der Waals surface area contributed by atoms with Gasteiger partial charge in [0.2, 0.25) is 0 Å². The van der Waals surface area contributed by atoms with Crippen molar-refractivity contribution in [2.75, 3.05) is 31.1 Å². The highest BCUT2D eigenvalue weighted by molar-refractivity contribution is 7.85. The van der Waals surface area contributed by atoms with Crippen LogP contribution in [0, 0.1) is 6.92 Å². The normalized spacial score (nSPS) is 17.1. The zero-order chi connectivity index (χ0) is 21.1. The van der Waals surface area contributed by atoms with Crippen LogP contribution in [-0.4, -0.2) is 62.9 Å². The number of nitrogens with zero attached hydrogens (tertiary/aromatic N) is 4. The van der Waals surface area contributed by atoms with E-state index < -0.39 is 21.3 Å². The van der Waals surface area contributed by atoms with E-state index in [0.29, 0.717) is 26.2 Å². The number of aryl methyl sites for hydroxylation is 1. The zero-order valence-electron chi connectivity index (χ0n) is 18.0. The molecule has 1 atom stereocenters. The molecule has 1 aromatic rings. The van der Waals surface area contributed by atoms with Crippen molar-refractivity contribution in [1.29, 1.82) is 0 Å². The van der Waals surface area contributed by atoms with E-state index in [0.717, 1.165) is 17.1 Å². The Kier molecular flexibility index (Phi) is 6.85. The summed E-state index contributed by atoms with van der Waals surface area (Å²) in [6.45, 7) is 15.7. The highest BCUT2D eigenvalue weighted by Gasteiger charge is 2.27. The third-order valence-corrected chi connectivity index (χ3v) is 5.43. The van der Waals surface area contributed by atoms with E-state index in [2.05, 4.69) is 14.3 Å². The first-order valence-corrected chi connectivity index (χ1v) is 10.6. The van der Waals surface area contributed by atoms with E-state index in [9.17, 15) is 9.00 Å². The van der Waals surface area contributed by atoms with Crippen molar-refractivity contribution >= 4 is 29.1 Å². The van der Waals surface area contributed by atoms with Crippen LogP contribution in [0.25, 0.3) is 0 Å². The van der Waals surface area contributed by atoms with Gasteiger partial charge < -0.3 is 14.5 Å². The van der Waals surface area contributed by atoms with E-state index >= 15 is 0 Å². The molecule has 7 nitrogen and oxygen atoms in total. The van der Waals surface area contributed by atoms with Gasteiger partial charge in [-0.1, -0.05) is 0 Å². The molecule has 0 unspecified atom stereocenters. The lowest BCUT2D eigenvalue weighted by molar-refractivity contribution is 0.0240. The molecule has 2 heterocycles. The summed E-state index contributed by atoms with van der Waals surface area (Å²) in [5.74, 6) is 0.804. The SMILES string of the molecule is Cc1ccc(/C=N/[S@@](=O)C(C)(C)C)c(N2CCN(C(=O)OC(C)(C)C)CC2)n1. The van der Waals surface area contributed by atoms with Gasteiger partial charge in [-0.05, 0) is 60.6 Å². The molecule has 8 heteroatoms. The summed E-state index contributed by atoms with van der Waals surface area (Å²) in [5.41, 5.74) is 1.23. The van der Waals surface area contributed by atoms with Gasteiger partial charge in [0.1, 0.15) is 22.4 Å². The molecule has 28 heavy (non-hydrogen) atoms. The molecule has 0 N–H and O–H groups in total. The van der Waals surface area contributed by atoms with Crippen molar-refractivity contribution in [3.63, 3.8) is 0 Å². The lowest BCUT2D eigenvalue weighted by Gasteiger charge is -2.36. The first kappa shape index (κ1) is 22.3. The molecule has 0 aliphatic carbocycles. The maximum atomic E-state index is 12.3. The van der Waals surface area contributed by atoms with Crippen LogP contribution < -0.4 is 4.90 Å². The van der Waals surface area contributed by atoms with E-state index in [1.807, 2.05) is 60.6 Å². The molecule has 0 spiro atoms. The number of ether oxygens (including phenoxy) is 1. The number of anilines is 1. The minimum atomic E-state index is -1.32. The van der Waals surface area contributed by atoms with E-state index in [1.54, 1.807) is 11.1 Å². The average molecular weight is 409 g/mol. The number of hydrogen-bond donors (Lipinski definition) is 0. The Balaban J connectivity index is 2.12. The third kappa shape index (κ3) is 6.29. The first-order chi connectivity index (χ1) is 12.9. The monoisotopic (exact) mass is 408 g/mol. The molecule has 0 saturated carbocycles. The average Bonchev–Trinajstić information content (AvgIpc) is 2.58. The van der Waals surface area contributed by atoms with Crippen LogP contribution in [0.15, 0.2) is 16.5 Å². The van der Waals surface area contributed by atoms with E-state index in [-0.39, 0.29) is 6.09 Å². The van der Waals surface area contributed by atoms with Gasteiger partial charge >= 0.3 is 6.09 Å². The van der Waals surface area contributed by atoms with Crippen LogP contribution in [0.3, 0.4) is 0 Å². The van der Waals surface area contributed by atoms with Crippen molar-refractivity contribution in [2.45, 2.75) is 58.8 Å². The molecule has 0 aromatic carbocycles. The number of piperazine rings is 1. The third-order valence-electron chi connectivity index (χ3n) is 4.09. The second-order valence-electron chi connectivity index (χ2n) is 8.92. The topological polar surface area (TPSA) is 75.1 Å². The Morgan fingerprint density at radius 3 is 2.29 bits per heavy atom. The molecule has 1 aliphatic rings. The molecule has 1 amide bonds. The van der Waals surface area contributed by atoms with Gasteiger partial charge in [0.15, 0.2) is 0 Å². The Bertz CT molecular complexity index is 758. The Hall–Kier alpha value is -1.96. The Morgan fingerprint density at radius 2 is 1.75 bits per heavy atom. The minimum Gasteiger partial charge on any atom is -0.444 e. The number of pyridine rings is 1. The molecule has 1 aliphatic heterocycles. The predicted molar refractivity (Wildman–Crippen MR) is 114 cm³/mol. The molecule has 156 valence electrons. The Morgan fingerprint density at radius 1 is 1.14 bits per heavy atom. The fraction of sp³-hybridized carbons (Fsp3) is 0.650. The molecule has 1 saturated heterocycles. The maximum absolute atomic E-state index is 12.3. The minimum absolute atomic E-state index is 0.285. The van der Waals surface area contributed by atoms with Gasteiger partial charge in [-0.25, -0.2) is 14.0 Å². The quantitative estimate of drug-likeness (QED) is 0.717. The molecule has 1 aromatic heterocycles. The smallest absolute Gasteiger partial charge is 0.410 e. The number of amides is 1. The van der Waals surface area contributed by atoms with E-state index in [4.69, 9.17) is 4.74 Å². The van der Waals surface area contributed by atoms with E-state index in [1.165, 1.54) is 0 Å². The van der Waals surface area contributed by atoms with Gasteiger partial charge in [0.05, 0.1) is 4.75 Å². The molecule has 0 bridgehead atoms. The molecule has 1 fully saturated rings. The number of carbonyl (C=O) groups excluding carboxylic acids is 1. The maximum Gasteiger partial charge on any atom is 0.410 e. The molecule has 2 rings (SSSR count). The van der Waals surface area contributed by atoms with Gasteiger partial charge in [-0.15, -0.1) is 0 Å². The van der Waals surface area contributed by atoms with Crippen molar-refractivity contribution in [3.05, 3.63) is 23.4 Å². The van der Waals surface area contributed by atoms with Crippen molar-refractivity contribution in [2.24, 2.45) is 4.40 Å². The van der Waals surface area contributed by atoms with Crippen molar-refractivity contribution in [1.82, 2.24) is 9.88 Å². The highest BCUT2D eigenvalue weighted by Crippen LogP contribution is 2.21. The Labute approximate surface area is 170 Å². The lowest BCUT2D eigenvalue weighted by Crippen LogP contribution is -2.50. The molecular weight excluding hydrogens is 376 g/mol. The number of aromatic nitrogens is 1. The van der Waals surface area contributed by atoms with Crippen LogP contribution in [0.4, 0.5) is 10.6 Å². The summed E-state index contributed by atoms with van der Waals surface area (Å²) in [4.78, 5) is 20.8. The fourth-order valence-electron chi connectivity index (χ4n) is 2.60. The van der Waals surface area contributed by atoms with Crippen LogP contribution in [-0.2, 0) is 15.7 Å². The summed E-state index contributed by atoms with van der Waals surface area (Å²) in [6.07, 6.45) is 1.36. The summed E-state index contributed by atoms with van der Waals surface area (Å²) in [6, 6.07) is 3.86. The second-order valence-corrected chi connectivity index (χ2v) is 10.8. The van der Waals surface area contributed by atoms with Crippen molar-refractivity contribution < 1.29 is 13.7 Å². The van der Waals surface area contributed by atoms with Crippen molar-refractivity contribution in [3.8, 4) is 0 Å². The van der Waals surface area contributed by atoms with Crippen LogP contribution >= 0.6 is 0 Å². The number of hydrogen-bond acceptors (Lipinski definition) is 5.